The maximum atomic E-state index is 4.63. The maximum absolute atomic E-state index is 4.63. The molecule has 0 amide bonds. The van der Waals surface area contributed by atoms with E-state index in [2.05, 4.69) is 47.2 Å². The van der Waals surface area contributed by atoms with Gasteiger partial charge in [0.2, 0.25) is 5.13 Å². The predicted octanol–water partition coefficient (Wildman–Crippen LogP) is 3.66. The fourth-order valence-electron chi connectivity index (χ4n) is 1.80. The Morgan fingerprint density at radius 3 is 2.82 bits per heavy atom. The Morgan fingerprint density at radius 1 is 1.35 bits per heavy atom. The van der Waals surface area contributed by atoms with Crippen LogP contribution in [-0.2, 0) is 0 Å². The number of aromatic nitrogens is 2. The van der Waals surface area contributed by atoms with Gasteiger partial charge in [0.05, 0.1) is 5.25 Å². The van der Waals surface area contributed by atoms with Crippen molar-refractivity contribution < 1.29 is 0 Å². The Hall–Kier alpha value is 0.0600. The fourth-order valence-corrected chi connectivity index (χ4v) is 5.61. The van der Waals surface area contributed by atoms with Crippen molar-refractivity contribution in [2.45, 2.75) is 43.7 Å². The van der Waals surface area contributed by atoms with Crippen LogP contribution < -0.4 is 5.32 Å². The average Bonchev–Trinajstić information content (AvgIpc) is 2.76. The summed E-state index contributed by atoms with van der Waals surface area (Å²) in [6.07, 6.45) is 1.20. The van der Waals surface area contributed by atoms with Gasteiger partial charge in [0, 0.05) is 34.3 Å². The maximum Gasteiger partial charge on any atom is 0.202 e. The first kappa shape index (κ1) is 13.5. The van der Waals surface area contributed by atoms with Gasteiger partial charge in [-0.25, -0.2) is 4.98 Å². The third-order valence-electron chi connectivity index (χ3n) is 2.56. The number of thioether (sulfide) groups is 2. The highest BCUT2D eigenvalue weighted by molar-refractivity contribution is 8.06. The summed E-state index contributed by atoms with van der Waals surface area (Å²) in [4.78, 5) is 4.63. The first-order chi connectivity index (χ1) is 8.20. The van der Waals surface area contributed by atoms with Crippen LogP contribution in [0.15, 0.2) is 0 Å². The summed E-state index contributed by atoms with van der Waals surface area (Å²) in [7, 11) is 0. The van der Waals surface area contributed by atoms with Gasteiger partial charge in [0.25, 0.3) is 0 Å². The number of anilines is 1. The minimum atomic E-state index is 0.422. The van der Waals surface area contributed by atoms with E-state index >= 15 is 0 Å². The molecule has 0 aliphatic carbocycles. The summed E-state index contributed by atoms with van der Waals surface area (Å²) in [5.74, 6) is 3.51. The molecule has 0 bridgehead atoms. The summed E-state index contributed by atoms with van der Waals surface area (Å²) >= 11 is 5.58. The lowest BCUT2D eigenvalue weighted by Gasteiger charge is -2.27. The van der Waals surface area contributed by atoms with E-state index in [9.17, 15) is 0 Å². The lowest BCUT2D eigenvalue weighted by atomic mass is 10.2. The van der Waals surface area contributed by atoms with Crippen molar-refractivity contribution in [2.24, 2.45) is 0 Å². The van der Waals surface area contributed by atoms with E-state index in [1.807, 2.05) is 11.8 Å². The molecule has 2 heterocycles. The molecule has 2 unspecified atom stereocenters. The largest absolute Gasteiger partial charge is 0.358 e. The second-order valence-corrected chi connectivity index (χ2v) is 7.71. The molecule has 1 N–H and O–H groups in total. The van der Waals surface area contributed by atoms with Crippen molar-refractivity contribution in [2.75, 3.05) is 16.8 Å². The highest BCUT2D eigenvalue weighted by Gasteiger charge is 2.29. The molecule has 0 aromatic carbocycles. The van der Waals surface area contributed by atoms with Crippen molar-refractivity contribution in [3.8, 4) is 0 Å². The molecule has 1 aromatic heterocycles. The summed E-state index contributed by atoms with van der Waals surface area (Å²) < 4.78 is 4.53. The van der Waals surface area contributed by atoms with Gasteiger partial charge in [0.15, 0.2) is 5.82 Å². The molecular formula is C11H19N3S3. The molecular weight excluding hydrogens is 270 g/mol. The quantitative estimate of drug-likeness (QED) is 0.915. The van der Waals surface area contributed by atoms with Crippen molar-refractivity contribution in [1.29, 1.82) is 0 Å². The third-order valence-corrected chi connectivity index (χ3v) is 6.46. The number of hydrogen-bond donors (Lipinski definition) is 1. The van der Waals surface area contributed by atoms with Crippen LogP contribution in [0.3, 0.4) is 0 Å². The topological polar surface area (TPSA) is 37.8 Å². The van der Waals surface area contributed by atoms with Crippen molar-refractivity contribution >= 4 is 40.2 Å². The van der Waals surface area contributed by atoms with Crippen molar-refractivity contribution in [1.82, 2.24) is 9.36 Å². The van der Waals surface area contributed by atoms with Gasteiger partial charge in [-0.3, -0.25) is 0 Å². The monoisotopic (exact) mass is 289 g/mol. The second-order valence-electron chi connectivity index (χ2n) is 4.37. The predicted molar refractivity (Wildman–Crippen MR) is 80.4 cm³/mol. The van der Waals surface area contributed by atoms with Crippen LogP contribution in [0.2, 0.25) is 0 Å². The molecule has 1 aliphatic heterocycles. The van der Waals surface area contributed by atoms with E-state index in [0.717, 1.165) is 11.0 Å². The van der Waals surface area contributed by atoms with E-state index < -0.39 is 0 Å². The Balaban J connectivity index is 2.07. The van der Waals surface area contributed by atoms with Gasteiger partial charge in [-0.2, -0.15) is 16.1 Å². The van der Waals surface area contributed by atoms with Crippen LogP contribution in [0.5, 0.6) is 0 Å². The van der Waals surface area contributed by atoms with E-state index in [0.29, 0.717) is 16.5 Å². The normalized spacial score (nSPS) is 25.2. The summed E-state index contributed by atoms with van der Waals surface area (Å²) in [5.41, 5.74) is 0. The molecule has 1 fully saturated rings. The zero-order chi connectivity index (χ0) is 12.3. The number of nitrogens with one attached hydrogen (secondary N) is 1. The number of nitrogens with zero attached hydrogens (tertiary/aromatic N) is 2. The summed E-state index contributed by atoms with van der Waals surface area (Å²) in [6.45, 7) is 6.51. The Kier molecular flexibility index (Phi) is 4.99. The van der Waals surface area contributed by atoms with E-state index in [4.69, 9.17) is 0 Å². The SMILES string of the molecule is CCC1SCCSC1c1nsc(NC(C)C)n1. The van der Waals surface area contributed by atoms with E-state index in [1.165, 1.54) is 29.5 Å². The van der Waals surface area contributed by atoms with Gasteiger partial charge in [-0.1, -0.05) is 6.92 Å². The molecule has 1 aromatic rings. The molecule has 0 radical (unpaired) electrons. The number of rotatable bonds is 4. The molecule has 96 valence electrons. The first-order valence-corrected chi connectivity index (χ1v) is 8.91. The van der Waals surface area contributed by atoms with E-state index in [-0.39, 0.29) is 0 Å². The lowest BCUT2D eigenvalue weighted by Crippen LogP contribution is -2.19. The average molecular weight is 289 g/mol. The number of hydrogen-bond acceptors (Lipinski definition) is 6. The summed E-state index contributed by atoms with van der Waals surface area (Å²) in [6, 6.07) is 0.422. The molecule has 2 rings (SSSR count). The van der Waals surface area contributed by atoms with Gasteiger partial charge in [-0.15, -0.1) is 11.8 Å². The highest BCUT2D eigenvalue weighted by atomic mass is 32.2. The van der Waals surface area contributed by atoms with Crippen LogP contribution in [0.25, 0.3) is 0 Å². The molecule has 6 heteroatoms. The smallest absolute Gasteiger partial charge is 0.202 e. The zero-order valence-corrected chi connectivity index (χ0v) is 12.9. The summed E-state index contributed by atoms with van der Waals surface area (Å²) in [5, 5.41) is 5.45. The van der Waals surface area contributed by atoms with Crippen LogP contribution in [-0.4, -0.2) is 32.2 Å². The van der Waals surface area contributed by atoms with Crippen molar-refractivity contribution in [3.63, 3.8) is 0 Å². The Labute approximate surface area is 116 Å². The minimum absolute atomic E-state index is 0.422. The molecule has 0 saturated carbocycles. The third kappa shape index (κ3) is 3.51. The standard InChI is InChI=1S/C11H19N3S3/c1-4-8-9(16-6-5-15-8)10-13-11(17-14-10)12-7(2)3/h7-9H,4-6H2,1-3H3,(H,12,13,14). The van der Waals surface area contributed by atoms with Crippen LogP contribution in [0.1, 0.15) is 38.3 Å². The van der Waals surface area contributed by atoms with Crippen LogP contribution in [0.4, 0.5) is 5.13 Å². The van der Waals surface area contributed by atoms with Crippen molar-refractivity contribution in [3.05, 3.63) is 5.82 Å². The molecule has 3 nitrogen and oxygen atoms in total. The molecule has 1 aliphatic rings. The Bertz CT molecular complexity index is 353. The molecule has 0 spiro atoms. The minimum Gasteiger partial charge on any atom is -0.358 e. The second kappa shape index (κ2) is 6.29. The highest BCUT2D eigenvalue weighted by Crippen LogP contribution is 2.43. The van der Waals surface area contributed by atoms with Gasteiger partial charge in [0.1, 0.15) is 0 Å². The zero-order valence-electron chi connectivity index (χ0n) is 10.5. The van der Waals surface area contributed by atoms with Gasteiger partial charge < -0.3 is 5.32 Å². The lowest BCUT2D eigenvalue weighted by molar-refractivity contribution is 0.762. The van der Waals surface area contributed by atoms with E-state index in [1.54, 1.807) is 0 Å². The first-order valence-electron chi connectivity index (χ1n) is 6.04. The molecule has 17 heavy (non-hydrogen) atoms. The van der Waals surface area contributed by atoms with Crippen LogP contribution in [0, 0.1) is 0 Å². The van der Waals surface area contributed by atoms with Crippen LogP contribution >= 0.6 is 35.1 Å². The molecule has 2 atom stereocenters. The molecule has 1 saturated heterocycles. The Morgan fingerprint density at radius 2 is 2.12 bits per heavy atom. The van der Waals surface area contributed by atoms with Gasteiger partial charge in [-0.05, 0) is 20.3 Å². The fraction of sp³-hybridized carbons (Fsp3) is 0.818. The van der Waals surface area contributed by atoms with Gasteiger partial charge >= 0.3 is 0 Å².